The summed E-state index contributed by atoms with van der Waals surface area (Å²) in [5, 5.41) is 8.69. The number of aryl methyl sites for hydroxylation is 1. The number of ether oxygens (including phenoxy) is 2. The van der Waals surface area contributed by atoms with Crippen LogP contribution in [0, 0.1) is 0 Å². The summed E-state index contributed by atoms with van der Waals surface area (Å²) in [6.07, 6.45) is 1.87. The van der Waals surface area contributed by atoms with Crippen molar-refractivity contribution in [3.63, 3.8) is 0 Å². The van der Waals surface area contributed by atoms with Crippen LogP contribution in [-0.4, -0.2) is 45.2 Å². The molecule has 7 nitrogen and oxygen atoms in total. The average molecular weight is 462 g/mol. The van der Waals surface area contributed by atoms with Crippen molar-refractivity contribution in [1.82, 2.24) is 5.32 Å². The number of carbonyl (C=O) groups is 2. The van der Waals surface area contributed by atoms with E-state index in [1.165, 1.54) is 5.56 Å². The number of methoxy groups -OCH3 is 1. The van der Waals surface area contributed by atoms with Crippen LogP contribution in [0.3, 0.4) is 0 Å². The van der Waals surface area contributed by atoms with Crippen LogP contribution in [0.25, 0.3) is 0 Å². The zero-order valence-corrected chi connectivity index (χ0v) is 19.4. The maximum atomic E-state index is 12.4. The van der Waals surface area contributed by atoms with Gasteiger partial charge in [0, 0.05) is 36.7 Å². The van der Waals surface area contributed by atoms with E-state index in [9.17, 15) is 9.59 Å². The van der Waals surface area contributed by atoms with Crippen molar-refractivity contribution in [1.29, 1.82) is 0 Å². The van der Waals surface area contributed by atoms with Gasteiger partial charge in [0.05, 0.1) is 19.8 Å². The van der Waals surface area contributed by atoms with Crippen molar-refractivity contribution in [2.45, 2.75) is 12.8 Å². The standard InChI is InChI=1S/C27H31N3O4/c1-33-17-15-28-27(32)22-11-5-12-23(18-22)29-20-26(31)30-24-13-6-14-25(19-24)34-16-7-10-21-8-3-2-4-9-21/h2-6,8-9,11-14,18-19,29H,7,10,15-17,20H2,1H3,(H,28,32)(H,30,31). The molecule has 2 amide bonds. The monoisotopic (exact) mass is 461 g/mol. The summed E-state index contributed by atoms with van der Waals surface area (Å²) in [7, 11) is 1.58. The van der Waals surface area contributed by atoms with E-state index in [2.05, 4.69) is 28.1 Å². The number of benzene rings is 3. The lowest BCUT2D eigenvalue weighted by Crippen LogP contribution is -2.27. The molecule has 7 heteroatoms. The Morgan fingerprint density at radius 1 is 0.853 bits per heavy atom. The van der Waals surface area contributed by atoms with E-state index in [1.54, 1.807) is 25.3 Å². The maximum absolute atomic E-state index is 12.4. The van der Waals surface area contributed by atoms with Crippen LogP contribution in [0.15, 0.2) is 78.9 Å². The zero-order valence-electron chi connectivity index (χ0n) is 19.4. The highest BCUT2D eigenvalue weighted by molar-refractivity contribution is 5.96. The predicted molar refractivity (Wildman–Crippen MR) is 134 cm³/mol. The highest BCUT2D eigenvalue weighted by Crippen LogP contribution is 2.18. The minimum absolute atomic E-state index is 0.0664. The maximum Gasteiger partial charge on any atom is 0.251 e. The van der Waals surface area contributed by atoms with Gasteiger partial charge >= 0.3 is 0 Å². The minimum Gasteiger partial charge on any atom is -0.494 e. The van der Waals surface area contributed by atoms with Crippen molar-refractivity contribution in [3.05, 3.63) is 90.0 Å². The fourth-order valence-corrected chi connectivity index (χ4v) is 3.30. The summed E-state index contributed by atoms with van der Waals surface area (Å²) in [5.41, 5.74) is 3.15. The van der Waals surface area contributed by atoms with E-state index in [4.69, 9.17) is 9.47 Å². The topological polar surface area (TPSA) is 88.7 Å². The molecule has 3 rings (SSSR count). The predicted octanol–water partition coefficient (Wildman–Crippen LogP) is 4.13. The van der Waals surface area contributed by atoms with Gasteiger partial charge in [0.1, 0.15) is 5.75 Å². The Balaban J connectivity index is 1.42. The molecule has 0 saturated heterocycles. The first-order chi connectivity index (χ1) is 16.6. The molecular weight excluding hydrogens is 430 g/mol. The molecule has 0 radical (unpaired) electrons. The van der Waals surface area contributed by atoms with Crippen molar-refractivity contribution in [2.75, 3.05) is 44.0 Å². The summed E-state index contributed by atoms with van der Waals surface area (Å²) < 4.78 is 10.8. The van der Waals surface area contributed by atoms with Crippen molar-refractivity contribution in [2.24, 2.45) is 0 Å². The molecule has 0 fully saturated rings. The van der Waals surface area contributed by atoms with Crippen LogP contribution in [0.5, 0.6) is 5.75 Å². The third-order valence-corrected chi connectivity index (χ3v) is 5.01. The lowest BCUT2D eigenvalue weighted by molar-refractivity contribution is -0.114. The van der Waals surface area contributed by atoms with Crippen LogP contribution in [0.4, 0.5) is 11.4 Å². The molecule has 178 valence electrons. The first-order valence-electron chi connectivity index (χ1n) is 11.3. The van der Waals surface area contributed by atoms with Gasteiger partial charge in [0.15, 0.2) is 0 Å². The van der Waals surface area contributed by atoms with Crippen LogP contribution in [-0.2, 0) is 16.0 Å². The summed E-state index contributed by atoms with van der Waals surface area (Å²) in [4.78, 5) is 24.6. The van der Waals surface area contributed by atoms with Crippen molar-refractivity contribution >= 4 is 23.2 Å². The molecule has 0 bridgehead atoms. The van der Waals surface area contributed by atoms with Gasteiger partial charge in [-0.15, -0.1) is 0 Å². The van der Waals surface area contributed by atoms with E-state index < -0.39 is 0 Å². The smallest absolute Gasteiger partial charge is 0.251 e. The molecule has 0 unspecified atom stereocenters. The summed E-state index contributed by atoms with van der Waals surface area (Å²) >= 11 is 0. The Labute approximate surface area is 200 Å². The van der Waals surface area contributed by atoms with Crippen LogP contribution < -0.4 is 20.7 Å². The third kappa shape index (κ3) is 8.60. The number of carbonyl (C=O) groups excluding carboxylic acids is 2. The Morgan fingerprint density at radius 3 is 2.47 bits per heavy atom. The van der Waals surface area contributed by atoms with Gasteiger partial charge in [-0.2, -0.15) is 0 Å². The molecule has 0 atom stereocenters. The highest BCUT2D eigenvalue weighted by Gasteiger charge is 2.07. The largest absolute Gasteiger partial charge is 0.494 e. The molecule has 3 aromatic carbocycles. The van der Waals surface area contributed by atoms with Gasteiger partial charge in [-0.05, 0) is 48.7 Å². The van der Waals surface area contributed by atoms with Gasteiger partial charge in [0.25, 0.3) is 5.91 Å². The second kappa shape index (κ2) is 13.6. The van der Waals surface area contributed by atoms with Crippen molar-refractivity contribution < 1.29 is 19.1 Å². The summed E-state index contributed by atoms with van der Waals surface area (Å²) in [6, 6.07) is 24.7. The second-order valence-electron chi connectivity index (χ2n) is 7.70. The summed E-state index contributed by atoms with van der Waals surface area (Å²) in [6.45, 7) is 1.55. The molecule has 0 aliphatic carbocycles. The molecule has 3 N–H and O–H groups in total. The SMILES string of the molecule is COCCNC(=O)c1cccc(NCC(=O)Nc2cccc(OCCCc3ccccc3)c2)c1. The van der Waals surface area contributed by atoms with E-state index in [1.807, 2.05) is 48.5 Å². The Morgan fingerprint density at radius 2 is 1.65 bits per heavy atom. The lowest BCUT2D eigenvalue weighted by Gasteiger charge is -2.11. The van der Waals surface area contributed by atoms with Gasteiger partial charge in [-0.25, -0.2) is 0 Å². The van der Waals surface area contributed by atoms with Gasteiger partial charge in [-0.1, -0.05) is 42.5 Å². The minimum atomic E-state index is -0.198. The zero-order chi connectivity index (χ0) is 24.0. The van der Waals surface area contributed by atoms with Gasteiger partial charge < -0.3 is 25.4 Å². The number of rotatable bonds is 13. The van der Waals surface area contributed by atoms with E-state index in [0.717, 1.165) is 12.8 Å². The van der Waals surface area contributed by atoms with Crippen LogP contribution in [0.2, 0.25) is 0 Å². The number of hydrogen-bond donors (Lipinski definition) is 3. The number of amides is 2. The van der Waals surface area contributed by atoms with Crippen molar-refractivity contribution in [3.8, 4) is 5.75 Å². The Kier molecular flexibility index (Phi) is 9.95. The Bertz CT molecular complexity index is 1060. The molecule has 0 aliphatic rings. The van der Waals surface area contributed by atoms with E-state index in [-0.39, 0.29) is 18.4 Å². The lowest BCUT2D eigenvalue weighted by atomic mass is 10.1. The van der Waals surface area contributed by atoms with Gasteiger partial charge in [-0.3, -0.25) is 9.59 Å². The number of nitrogens with one attached hydrogen (secondary N) is 3. The third-order valence-electron chi connectivity index (χ3n) is 5.01. The van der Waals surface area contributed by atoms with Gasteiger partial charge in [0.2, 0.25) is 5.91 Å². The number of hydrogen-bond acceptors (Lipinski definition) is 5. The van der Waals surface area contributed by atoms with Crippen LogP contribution >= 0.6 is 0 Å². The highest BCUT2D eigenvalue weighted by atomic mass is 16.5. The fraction of sp³-hybridized carbons (Fsp3) is 0.259. The average Bonchev–Trinajstić information content (AvgIpc) is 2.86. The molecule has 0 aromatic heterocycles. The first kappa shape index (κ1) is 24.8. The molecule has 3 aromatic rings. The molecular formula is C27H31N3O4. The molecule has 0 spiro atoms. The Hall–Kier alpha value is -3.84. The van der Waals surface area contributed by atoms with Crippen LogP contribution in [0.1, 0.15) is 22.3 Å². The fourth-order valence-electron chi connectivity index (χ4n) is 3.30. The molecule has 34 heavy (non-hydrogen) atoms. The molecule has 0 saturated carbocycles. The molecule has 0 heterocycles. The normalized spacial score (nSPS) is 10.4. The van der Waals surface area contributed by atoms with E-state index >= 15 is 0 Å². The quantitative estimate of drug-likeness (QED) is 0.333. The first-order valence-corrected chi connectivity index (χ1v) is 11.3. The molecule has 0 aliphatic heterocycles. The summed E-state index contributed by atoms with van der Waals surface area (Å²) in [5.74, 6) is 0.327. The number of anilines is 2. The second-order valence-corrected chi connectivity index (χ2v) is 7.70. The van der Waals surface area contributed by atoms with E-state index in [0.29, 0.717) is 42.4 Å².